The molecule has 1 aliphatic heterocycles. The van der Waals surface area contributed by atoms with Crippen LogP contribution in [-0.4, -0.2) is 35.5 Å². The van der Waals surface area contributed by atoms with Gasteiger partial charge < -0.3 is 10.1 Å². The second kappa shape index (κ2) is 5.25. The van der Waals surface area contributed by atoms with E-state index in [1.807, 2.05) is 0 Å². The van der Waals surface area contributed by atoms with E-state index in [0.29, 0.717) is 6.61 Å². The first-order valence-electron chi connectivity index (χ1n) is 5.39. The molecule has 6 heteroatoms. The fourth-order valence-corrected chi connectivity index (χ4v) is 1.77. The molecule has 1 saturated heterocycles. The van der Waals surface area contributed by atoms with Gasteiger partial charge in [-0.15, -0.1) is 0 Å². The van der Waals surface area contributed by atoms with Crippen molar-refractivity contribution in [2.24, 2.45) is 0 Å². The standard InChI is InChI=1S/C10H15F2N3O/c11-10(12)6-15-5-9(4-13-15)14-8-2-1-3-16-7-8/h4-5,8,10,14H,1-3,6-7H2. The fraction of sp³-hybridized carbons (Fsp3) is 0.700. The number of alkyl halides is 2. The average Bonchev–Trinajstić information content (AvgIpc) is 2.66. The summed E-state index contributed by atoms with van der Waals surface area (Å²) in [4.78, 5) is 0. The number of halogens is 2. The quantitative estimate of drug-likeness (QED) is 0.857. The number of ether oxygens (including phenoxy) is 1. The summed E-state index contributed by atoms with van der Waals surface area (Å²) in [5, 5.41) is 7.08. The van der Waals surface area contributed by atoms with Gasteiger partial charge in [0.15, 0.2) is 0 Å². The van der Waals surface area contributed by atoms with Crippen molar-refractivity contribution in [3.63, 3.8) is 0 Å². The molecular formula is C10H15F2N3O. The number of anilines is 1. The Bertz CT molecular complexity index is 324. The molecular weight excluding hydrogens is 216 g/mol. The first kappa shape index (κ1) is 11.3. The molecule has 0 bridgehead atoms. The predicted molar refractivity (Wildman–Crippen MR) is 55.7 cm³/mol. The maximum atomic E-state index is 12.1. The van der Waals surface area contributed by atoms with E-state index in [1.165, 1.54) is 4.68 Å². The van der Waals surface area contributed by atoms with E-state index in [9.17, 15) is 8.78 Å². The lowest BCUT2D eigenvalue weighted by molar-refractivity contribution is 0.0876. The maximum Gasteiger partial charge on any atom is 0.257 e. The molecule has 1 atom stereocenters. The van der Waals surface area contributed by atoms with Crippen molar-refractivity contribution in [1.82, 2.24) is 9.78 Å². The highest BCUT2D eigenvalue weighted by atomic mass is 19.3. The lowest BCUT2D eigenvalue weighted by Gasteiger charge is -2.23. The van der Waals surface area contributed by atoms with Gasteiger partial charge >= 0.3 is 0 Å². The highest BCUT2D eigenvalue weighted by Crippen LogP contribution is 2.14. The highest BCUT2D eigenvalue weighted by molar-refractivity contribution is 5.39. The average molecular weight is 231 g/mol. The van der Waals surface area contributed by atoms with Gasteiger partial charge in [-0.1, -0.05) is 0 Å². The van der Waals surface area contributed by atoms with Crippen molar-refractivity contribution in [2.75, 3.05) is 18.5 Å². The minimum atomic E-state index is -2.37. The molecule has 4 nitrogen and oxygen atoms in total. The van der Waals surface area contributed by atoms with Crippen LogP contribution in [0.4, 0.5) is 14.5 Å². The molecule has 1 aromatic rings. The number of hydrogen-bond acceptors (Lipinski definition) is 3. The number of aromatic nitrogens is 2. The highest BCUT2D eigenvalue weighted by Gasteiger charge is 2.14. The van der Waals surface area contributed by atoms with Gasteiger partial charge in [0.25, 0.3) is 6.43 Å². The molecule has 0 radical (unpaired) electrons. The molecule has 0 amide bonds. The Hall–Kier alpha value is -1.17. The van der Waals surface area contributed by atoms with Crippen molar-refractivity contribution in [2.45, 2.75) is 31.9 Å². The maximum absolute atomic E-state index is 12.1. The Morgan fingerprint density at radius 2 is 2.50 bits per heavy atom. The number of rotatable bonds is 4. The van der Waals surface area contributed by atoms with Crippen LogP contribution in [-0.2, 0) is 11.3 Å². The minimum absolute atomic E-state index is 0.262. The van der Waals surface area contributed by atoms with Gasteiger partial charge in [0.05, 0.1) is 18.5 Å². The van der Waals surface area contributed by atoms with E-state index in [-0.39, 0.29) is 12.6 Å². The van der Waals surface area contributed by atoms with Crippen LogP contribution in [0.3, 0.4) is 0 Å². The molecule has 1 fully saturated rings. The number of nitrogens with one attached hydrogen (secondary N) is 1. The van der Waals surface area contributed by atoms with E-state index in [1.54, 1.807) is 12.4 Å². The van der Waals surface area contributed by atoms with Crippen molar-refractivity contribution in [3.8, 4) is 0 Å². The van der Waals surface area contributed by atoms with Crippen LogP contribution < -0.4 is 5.32 Å². The van der Waals surface area contributed by atoms with Crippen molar-refractivity contribution in [1.29, 1.82) is 0 Å². The largest absolute Gasteiger partial charge is 0.379 e. The molecule has 2 rings (SSSR count). The summed E-state index contributed by atoms with van der Waals surface area (Å²) in [7, 11) is 0. The van der Waals surface area contributed by atoms with Crippen LogP contribution >= 0.6 is 0 Å². The lowest BCUT2D eigenvalue weighted by atomic mass is 10.1. The summed E-state index contributed by atoms with van der Waals surface area (Å²) in [5.41, 5.74) is 0.774. The second-order valence-corrected chi connectivity index (χ2v) is 3.90. The van der Waals surface area contributed by atoms with E-state index < -0.39 is 6.43 Å². The van der Waals surface area contributed by atoms with Crippen LogP contribution in [0.5, 0.6) is 0 Å². The third kappa shape index (κ3) is 3.16. The molecule has 0 saturated carbocycles. The van der Waals surface area contributed by atoms with Crippen LogP contribution in [0, 0.1) is 0 Å². The second-order valence-electron chi connectivity index (χ2n) is 3.90. The van der Waals surface area contributed by atoms with E-state index in [4.69, 9.17) is 4.74 Å². The van der Waals surface area contributed by atoms with E-state index in [0.717, 1.165) is 25.1 Å². The zero-order valence-electron chi connectivity index (χ0n) is 8.90. The van der Waals surface area contributed by atoms with Gasteiger partial charge in [-0.05, 0) is 12.8 Å². The molecule has 90 valence electrons. The predicted octanol–water partition coefficient (Wildman–Crippen LogP) is 1.74. The normalized spacial score (nSPS) is 21.3. The Kier molecular flexibility index (Phi) is 3.71. The molecule has 1 aliphatic rings. The first-order chi connectivity index (χ1) is 7.74. The van der Waals surface area contributed by atoms with Crippen LogP contribution in [0.15, 0.2) is 12.4 Å². The van der Waals surface area contributed by atoms with Crippen molar-refractivity contribution in [3.05, 3.63) is 12.4 Å². The summed E-state index contributed by atoms with van der Waals surface area (Å²) in [6, 6.07) is 0.262. The molecule has 0 aliphatic carbocycles. The smallest absolute Gasteiger partial charge is 0.257 e. The Labute approximate surface area is 92.6 Å². The summed E-state index contributed by atoms with van der Waals surface area (Å²) in [5.74, 6) is 0. The molecule has 0 spiro atoms. The summed E-state index contributed by atoms with van der Waals surface area (Å²) in [6.45, 7) is 1.12. The zero-order valence-corrected chi connectivity index (χ0v) is 8.90. The molecule has 1 unspecified atom stereocenters. The van der Waals surface area contributed by atoms with E-state index in [2.05, 4.69) is 10.4 Å². The first-order valence-corrected chi connectivity index (χ1v) is 5.39. The summed E-state index contributed by atoms with van der Waals surface area (Å²) >= 11 is 0. The molecule has 16 heavy (non-hydrogen) atoms. The van der Waals surface area contributed by atoms with E-state index >= 15 is 0 Å². The minimum Gasteiger partial charge on any atom is -0.379 e. The number of nitrogens with zero attached hydrogens (tertiary/aromatic N) is 2. The van der Waals surface area contributed by atoms with Crippen LogP contribution in [0.25, 0.3) is 0 Å². The topological polar surface area (TPSA) is 39.1 Å². The Balaban J connectivity index is 1.86. The molecule has 0 aromatic carbocycles. The van der Waals surface area contributed by atoms with Gasteiger partial charge in [-0.3, -0.25) is 4.68 Å². The molecule has 2 heterocycles. The SMILES string of the molecule is FC(F)Cn1cc(NC2CCCOC2)cn1. The zero-order chi connectivity index (χ0) is 11.4. The monoisotopic (exact) mass is 231 g/mol. The summed E-state index contributed by atoms with van der Waals surface area (Å²) in [6.07, 6.45) is 2.87. The van der Waals surface area contributed by atoms with Gasteiger partial charge in [0, 0.05) is 18.8 Å². The lowest BCUT2D eigenvalue weighted by Crippen LogP contribution is -2.29. The van der Waals surface area contributed by atoms with Crippen molar-refractivity contribution < 1.29 is 13.5 Å². The summed E-state index contributed by atoms with van der Waals surface area (Å²) < 4.78 is 30.7. The molecule has 1 N–H and O–H groups in total. The van der Waals surface area contributed by atoms with Crippen LogP contribution in [0.2, 0.25) is 0 Å². The van der Waals surface area contributed by atoms with Gasteiger partial charge in [-0.25, -0.2) is 8.78 Å². The van der Waals surface area contributed by atoms with Gasteiger partial charge in [0.1, 0.15) is 6.54 Å². The Morgan fingerprint density at radius 1 is 1.62 bits per heavy atom. The van der Waals surface area contributed by atoms with Crippen LogP contribution in [0.1, 0.15) is 12.8 Å². The van der Waals surface area contributed by atoms with Gasteiger partial charge in [-0.2, -0.15) is 5.10 Å². The Morgan fingerprint density at radius 3 is 3.19 bits per heavy atom. The molecule has 1 aromatic heterocycles. The third-order valence-corrected chi connectivity index (χ3v) is 2.49. The number of hydrogen-bond donors (Lipinski definition) is 1. The van der Waals surface area contributed by atoms with Crippen molar-refractivity contribution >= 4 is 5.69 Å². The van der Waals surface area contributed by atoms with Gasteiger partial charge in [0.2, 0.25) is 0 Å². The third-order valence-electron chi connectivity index (χ3n) is 2.49. The fourth-order valence-electron chi connectivity index (χ4n) is 1.77.